The molecule has 1 aliphatic rings. The lowest BCUT2D eigenvalue weighted by Gasteiger charge is -2.35. The molecule has 0 unspecified atom stereocenters. The normalized spacial score (nSPS) is 15.7. The quantitative estimate of drug-likeness (QED) is 0.262. The zero-order valence-electron chi connectivity index (χ0n) is 23.0. The van der Waals surface area contributed by atoms with Gasteiger partial charge in [0, 0.05) is 33.2 Å². The van der Waals surface area contributed by atoms with Gasteiger partial charge in [-0.25, -0.2) is 14.5 Å². The highest BCUT2D eigenvalue weighted by atomic mass is 79.9. The van der Waals surface area contributed by atoms with Gasteiger partial charge in [0.2, 0.25) is 5.95 Å². The lowest BCUT2D eigenvalue weighted by molar-refractivity contribution is -0.138. The van der Waals surface area contributed by atoms with E-state index in [9.17, 15) is 22.8 Å². The van der Waals surface area contributed by atoms with Crippen LogP contribution in [0.5, 0.6) is 0 Å². The molecule has 2 aromatic heterocycles. The lowest BCUT2D eigenvalue weighted by atomic mass is 9.98. The first-order chi connectivity index (χ1) is 19.9. The van der Waals surface area contributed by atoms with E-state index in [1.807, 2.05) is 6.92 Å². The lowest BCUT2D eigenvalue weighted by Crippen LogP contribution is -2.46. The molecule has 0 saturated heterocycles. The summed E-state index contributed by atoms with van der Waals surface area (Å²) in [5.41, 5.74) is 0.794. The maximum atomic E-state index is 13.9. The fourth-order valence-electron chi connectivity index (χ4n) is 4.80. The van der Waals surface area contributed by atoms with Crippen LogP contribution in [0.3, 0.4) is 0 Å². The van der Waals surface area contributed by atoms with Crippen molar-refractivity contribution in [3.05, 3.63) is 98.2 Å². The Hall–Kier alpha value is -4.26. The zero-order chi connectivity index (χ0) is 30.3. The molecular formula is C29H27BrF3N7O2. The Bertz CT molecular complexity index is 1730. The maximum Gasteiger partial charge on any atom is 0.417 e. The van der Waals surface area contributed by atoms with Gasteiger partial charge >= 0.3 is 6.18 Å². The van der Waals surface area contributed by atoms with Crippen LogP contribution in [0.4, 0.5) is 19.1 Å². The summed E-state index contributed by atoms with van der Waals surface area (Å²) >= 11 is 2.92. The average molecular weight is 642 g/mol. The number of nitrogens with one attached hydrogen (secondary N) is 2. The Morgan fingerprint density at radius 3 is 2.55 bits per heavy atom. The summed E-state index contributed by atoms with van der Waals surface area (Å²) in [6, 6.07) is 9.83. The summed E-state index contributed by atoms with van der Waals surface area (Å²) < 4.78 is 41.8. The number of nitrogens with zero attached hydrogens (tertiary/aromatic N) is 5. The number of fused-ring (bicyclic) bond motifs is 1. The van der Waals surface area contributed by atoms with Crippen LogP contribution < -0.4 is 10.9 Å². The van der Waals surface area contributed by atoms with Gasteiger partial charge < -0.3 is 10.2 Å². The molecule has 3 heterocycles. The van der Waals surface area contributed by atoms with Crippen LogP contribution in [-0.4, -0.2) is 47.6 Å². The van der Waals surface area contributed by atoms with Crippen LogP contribution in [0.2, 0.25) is 0 Å². The molecule has 9 nitrogen and oxygen atoms in total. The molecule has 2 aromatic carbocycles. The number of benzene rings is 2. The van der Waals surface area contributed by atoms with Gasteiger partial charge in [-0.1, -0.05) is 22.0 Å². The van der Waals surface area contributed by atoms with E-state index in [0.717, 1.165) is 11.6 Å². The molecule has 1 amide bonds. The van der Waals surface area contributed by atoms with Crippen molar-refractivity contribution in [2.75, 3.05) is 5.32 Å². The van der Waals surface area contributed by atoms with Crippen molar-refractivity contribution in [3.63, 3.8) is 0 Å². The van der Waals surface area contributed by atoms with Gasteiger partial charge in [-0.2, -0.15) is 18.3 Å². The summed E-state index contributed by atoms with van der Waals surface area (Å²) in [4.78, 5) is 37.9. The number of H-pyrrole nitrogens is 1. The zero-order valence-corrected chi connectivity index (χ0v) is 24.5. The van der Waals surface area contributed by atoms with Gasteiger partial charge in [0.05, 0.1) is 23.5 Å². The van der Waals surface area contributed by atoms with E-state index in [-0.39, 0.29) is 40.6 Å². The Morgan fingerprint density at radius 2 is 1.93 bits per heavy atom. The molecule has 0 radical (unpaired) electrons. The molecule has 2 atom stereocenters. The first-order valence-corrected chi connectivity index (χ1v) is 13.9. The predicted octanol–water partition coefficient (Wildman–Crippen LogP) is 5.68. The molecule has 0 saturated carbocycles. The van der Waals surface area contributed by atoms with Crippen molar-refractivity contribution in [3.8, 4) is 17.1 Å². The van der Waals surface area contributed by atoms with Crippen LogP contribution >= 0.6 is 15.9 Å². The average Bonchev–Trinajstić information content (AvgIpc) is 3.39. The smallest absolute Gasteiger partial charge is 0.349 e. The first-order valence-electron chi connectivity index (χ1n) is 13.1. The molecule has 0 bridgehead atoms. The minimum atomic E-state index is -4.63. The van der Waals surface area contributed by atoms with E-state index in [0.29, 0.717) is 28.6 Å². The molecule has 13 heteroatoms. The molecule has 4 aromatic rings. The van der Waals surface area contributed by atoms with Crippen molar-refractivity contribution < 1.29 is 18.0 Å². The number of alkyl halides is 3. The fourth-order valence-corrected chi connectivity index (χ4v) is 5.27. The molecule has 1 aliphatic heterocycles. The van der Waals surface area contributed by atoms with Crippen molar-refractivity contribution >= 4 is 27.8 Å². The van der Waals surface area contributed by atoms with Crippen molar-refractivity contribution in [2.45, 2.75) is 52.0 Å². The fraction of sp³-hybridized carbons (Fsp3) is 0.276. The van der Waals surface area contributed by atoms with Crippen LogP contribution in [0, 0.1) is 6.92 Å². The summed E-state index contributed by atoms with van der Waals surface area (Å²) in [6.45, 7) is 9.16. The van der Waals surface area contributed by atoms with Crippen LogP contribution in [0.25, 0.3) is 17.1 Å². The van der Waals surface area contributed by atoms with Crippen molar-refractivity contribution in [1.29, 1.82) is 0 Å². The maximum absolute atomic E-state index is 13.9. The Kier molecular flexibility index (Phi) is 7.80. The second-order valence-electron chi connectivity index (χ2n) is 10.1. The topological polar surface area (TPSA) is 109 Å². The summed E-state index contributed by atoms with van der Waals surface area (Å²) in [5.74, 6) is 0.874. The van der Waals surface area contributed by atoms with Gasteiger partial charge in [0.25, 0.3) is 11.5 Å². The van der Waals surface area contributed by atoms with Crippen LogP contribution in [0.1, 0.15) is 46.9 Å². The highest BCUT2D eigenvalue weighted by Crippen LogP contribution is 2.36. The number of anilines is 1. The van der Waals surface area contributed by atoms with Gasteiger partial charge in [-0.3, -0.25) is 14.7 Å². The third-order valence-electron chi connectivity index (χ3n) is 7.08. The highest BCUT2D eigenvalue weighted by molar-refractivity contribution is 9.10. The number of rotatable bonds is 6. The number of halogens is 4. The minimum absolute atomic E-state index is 0.0386. The van der Waals surface area contributed by atoms with E-state index in [1.54, 1.807) is 44.2 Å². The van der Waals surface area contributed by atoms with Gasteiger partial charge in [0.15, 0.2) is 5.82 Å². The minimum Gasteiger partial charge on any atom is -0.349 e. The van der Waals surface area contributed by atoms with E-state index in [4.69, 9.17) is 4.98 Å². The van der Waals surface area contributed by atoms with Gasteiger partial charge in [-0.15, -0.1) is 6.58 Å². The number of aromatic amines is 1. The van der Waals surface area contributed by atoms with Crippen molar-refractivity contribution in [2.24, 2.45) is 0 Å². The van der Waals surface area contributed by atoms with E-state index in [1.165, 1.54) is 21.6 Å². The Morgan fingerprint density at radius 1 is 1.21 bits per heavy atom. The number of hydrogen-bond acceptors (Lipinski definition) is 6. The first kappa shape index (κ1) is 29.2. The number of carbonyl (C=O) groups is 1. The Labute approximate surface area is 247 Å². The third kappa shape index (κ3) is 5.60. The molecular weight excluding hydrogens is 615 g/mol. The number of aromatic nitrogens is 5. The summed E-state index contributed by atoms with van der Waals surface area (Å²) in [5, 5.41) is 10.2. The Balaban J connectivity index is 1.53. The summed E-state index contributed by atoms with van der Waals surface area (Å²) in [6.07, 6.45) is -2.79. The van der Waals surface area contributed by atoms with E-state index in [2.05, 4.69) is 43.0 Å². The number of carbonyl (C=O) groups excluding carboxylic acids is 1. The number of aryl methyl sites for hydroxylation is 1. The molecule has 2 N–H and O–H groups in total. The number of amides is 1. The third-order valence-corrected chi connectivity index (χ3v) is 7.78. The molecule has 0 spiro atoms. The molecule has 42 heavy (non-hydrogen) atoms. The van der Waals surface area contributed by atoms with E-state index >= 15 is 0 Å². The molecule has 218 valence electrons. The largest absolute Gasteiger partial charge is 0.417 e. The van der Waals surface area contributed by atoms with Crippen LogP contribution in [0.15, 0.2) is 64.4 Å². The SMILES string of the molecule is C=C[C@@H](C)Nc1nc2c(c(=O)n1-c1ccc(-c3n[nH]c(C)n3)cc1)C[C@@H](C)N(C(=O)c1ccc(Br)c(C(F)(F)F)c1)C2. The monoisotopic (exact) mass is 641 g/mol. The van der Waals surface area contributed by atoms with E-state index < -0.39 is 23.7 Å². The predicted molar refractivity (Wildman–Crippen MR) is 155 cm³/mol. The number of hydrogen-bond donors (Lipinski definition) is 2. The van der Waals surface area contributed by atoms with Gasteiger partial charge in [0.1, 0.15) is 5.82 Å². The second-order valence-corrected chi connectivity index (χ2v) is 11.0. The van der Waals surface area contributed by atoms with Crippen molar-refractivity contribution in [1.82, 2.24) is 29.6 Å². The highest BCUT2D eigenvalue weighted by Gasteiger charge is 2.36. The molecule has 0 fully saturated rings. The summed E-state index contributed by atoms with van der Waals surface area (Å²) in [7, 11) is 0. The molecule has 5 rings (SSSR count). The van der Waals surface area contributed by atoms with Gasteiger partial charge in [-0.05, 0) is 69.7 Å². The molecule has 0 aliphatic carbocycles. The standard InChI is InChI=1S/C29H27BrF3N7O2/c1-5-15(2)34-28-36-24-14-39(26(41)19-8-11-23(30)22(13-19)29(31,32)33)16(3)12-21(24)27(42)40(28)20-9-6-18(7-10-20)25-35-17(4)37-38-25/h5-11,13,15-16H,1,12,14H2,2-4H3,(H,34,36)(H,35,37,38)/t15-,16-/m1/s1. The van der Waals surface area contributed by atoms with Crippen LogP contribution in [-0.2, 0) is 19.1 Å². The second kappa shape index (κ2) is 11.2.